The summed E-state index contributed by atoms with van der Waals surface area (Å²) in [6.07, 6.45) is -0.987. The van der Waals surface area contributed by atoms with E-state index in [-0.39, 0.29) is 11.0 Å². The smallest absolute Gasteiger partial charge is 0.228 e. The molecular weight excluding hydrogens is 429 g/mol. The lowest BCUT2D eigenvalue weighted by atomic mass is 10.3. The van der Waals surface area contributed by atoms with Crippen LogP contribution in [0.4, 0.5) is 17.1 Å². The molecule has 1 atom stereocenters. The molecule has 10 heteroatoms. The summed E-state index contributed by atoms with van der Waals surface area (Å²) in [6, 6.07) is 16.5. The van der Waals surface area contributed by atoms with Gasteiger partial charge in [-0.1, -0.05) is 53.0 Å². The van der Waals surface area contributed by atoms with Crippen molar-refractivity contribution in [2.75, 3.05) is 5.32 Å². The topological polar surface area (TPSA) is 77.9 Å². The van der Waals surface area contributed by atoms with Crippen molar-refractivity contribution in [3.8, 4) is 0 Å². The molecule has 2 aromatic rings. The zero-order chi connectivity index (χ0) is 19.9. The number of hydrogen-bond donors (Lipinski definition) is 3. The van der Waals surface area contributed by atoms with E-state index in [1.807, 2.05) is 30.3 Å². The maximum atomic E-state index is 11.2. The zero-order valence-electron chi connectivity index (χ0n) is 14.1. The van der Waals surface area contributed by atoms with Gasteiger partial charge in [-0.15, -0.1) is 0 Å². The van der Waals surface area contributed by atoms with Gasteiger partial charge in [-0.2, -0.15) is 10.2 Å². The van der Waals surface area contributed by atoms with Crippen molar-refractivity contribution < 1.29 is 4.79 Å². The zero-order valence-corrected chi connectivity index (χ0v) is 17.2. The largest absolute Gasteiger partial charge is 0.339 e. The Balaban J connectivity index is 1.96. The standard InChI is InChI=1S/C17H16Cl3N5OS/c1-11(26)21-15(17(18,19)20)23-16(27)22-12-7-9-14(10-8-12)25-24-13-5-3-2-4-6-13/h2-10,15H,1H3,(H,21,26)(H2,22,23,27)/t15-/m1/s1. The van der Waals surface area contributed by atoms with Crippen molar-refractivity contribution in [3.05, 3.63) is 54.6 Å². The van der Waals surface area contributed by atoms with Crippen LogP contribution in [0.1, 0.15) is 6.92 Å². The van der Waals surface area contributed by atoms with Gasteiger partial charge >= 0.3 is 0 Å². The summed E-state index contributed by atoms with van der Waals surface area (Å²) in [6.45, 7) is 1.31. The molecule has 0 aromatic heterocycles. The molecule has 0 unspecified atom stereocenters. The highest BCUT2D eigenvalue weighted by Crippen LogP contribution is 2.29. The van der Waals surface area contributed by atoms with Crippen molar-refractivity contribution in [1.82, 2.24) is 10.6 Å². The number of azo groups is 1. The Morgan fingerprint density at radius 3 is 2.04 bits per heavy atom. The van der Waals surface area contributed by atoms with Crippen molar-refractivity contribution in [3.63, 3.8) is 0 Å². The van der Waals surface area contributed by atoms with E-state index in [4.69, 9.17) is 47.0 Å². The number of rotatable bonds is 5. The highest BCUT2D eigenvalue weighted by Gasteiger charge is 2.33. The third-order valence-electron chi connectivity index (χ3n) is 3.11. The first kappa shape index (κ1) is 21.4. The molecule has 2 rings (SSSR count). The Bertz CT molecular complexity index is 810. The van der Waals surface area contributed by atoms with Crippen LogP contribution in [0, 0.1) is 0 Å². The summed E-state index contributed by atoms with van der Waals surface area (Å²) >= 11 is 22.7. The lowest BCUT2D eigenvalue weighted by molar-refractivity contribution is -0.119. The molecule has 0 aliphatic carbocycles. The Morgan fingerprint density at radius 2 is 1.52 bits per heavy atom. The lowest BCUT2D eigenvalue weighted by Crippen LogP contribution is -2.55. The van der Waals surface area contributed by atoms with Crippen LogP contribution < -0.4 is 16.0 Å². The second-order valence-corrected chi connectivity index (χ2v) is 8.13. The first-order valence-electron chi connectivity index (χ1n) is 7.72. The Kier molecular flexibility index (Phi) is 7.79. The van der Waals surface area contributed by atoms with Gasteiger partial charge in [-0.05, 0) is 48.6 Å². The molecule has 0 saturated carbocycles. The predicted octanol–water partition coefficient (Wildman–Crippen LogP) is 5.22. The Labute approximate surface area is 177 Å². The van der Waals surface area contributed by atoms with E-state index >= 15 is 0 Å². The van der Waals surface area contributed by atoms with Gasteiger partial charge in [-0.25, -0.2) is 0 Å². The van der Waals surface area contributed by atoms with Crippen molar-refractivity contribution in [1.29, 1.82) is 0 Å². The van der Waals surface area contributed by atoms with Gasteiger partial charge in [0, 0.05) is 12.6 Å². The van der Waals surface area contributed by atoms with Crippen LogP contribution in [-0.4, -0.2) is 21.0 Å². The molecule has 27 heavy (non-hydrogen) atoms. The summed E-state index contributed by atoms with van der Waals surface area (Å²) in [5.74, 6) is -0.366. The molecule has 0 heterocycles. The molecule has 1 amide bonds. The van der Waals surface area contributed by atoms with E-state index < -0.39 is 9.96 Å². The predicted molar refractivity (Wildman–Crippen MR) is 114 cm³/mol. The summed E-state index contributed by atoms with van der Waals surface area (Å²) in [7, 11) is 0. The fourth-order valence-electron chi connectivity index (χ4n) is 1.92. The van der Waals surface area contributed by atoms with Crippen LogP contribution >= 0.6 is 47.0 Å². The Hall–Kier alpha value is -1.93. The van der Waals surface area contributed by atoms with Crippen LogP contribution in [0.15, 0.2) is 64.8 Å². The minimum absolute atomic E-state index is 0.179. The number of thiocarbonyl (C=S) groups is 1. The third-order valence-corrected chi connectivity index (χ3v) is 3.99. The van der Waals surface area contributed by atoms with Crippen molar-refractivity contribution in [2.24, 2.45) is 10.2 Å². The van der Waals surface area contributed by atoms with E-state index in [0.717, 1.165) is 5.69 Å². The van der Waals surface area contributed by atoms with Gasteiger partial charge < -0.3 is 16.0 Å². The number of nitrogens with one attached hydrogen (secondary N) is 3. The molecule has 0 radical (unpaired) electrons. The number of alkyl halides is 3. The van der Waals surface area contributed by atoms with E-state index in [1.54, 1.807) is 24.3 Å². The highest BCUT2D eigenvalue weighted by molar-refractivity contribution is 7.80. The minimum Gasteiger partial charge on any atom is -0.339 e. The average molecular weight is 445 g/mol. The van der Waals surface area contributed by atoms with Gasteiger partial charge in [0.1, 0.15) is 6.17 Å². The quantitative estimate of drug-likeness (QED) is 0.256. The number of anilines is 1. The molecule has 0 bridgehead atoms. The molecule has 0 spiro atoms. The van der Waals surface area contributed by atoms with Crippen molar-refractivity contribution >= 4 is 75.1 Å². The third kappa shape index (κ3) is 7.68. The monoisotopic (exact) mass is 443 g/mol. The maximum Gasteiger partial charge on any atom is 0.228 e. The number of hydrogen-bond acceptors (Lipinski definition) is 4. The Morgan fingerprint density at radius 1 is 0.963 bits per heavy atom. The van der Waals surface area contributed by atoms with Crippen LogP contribution in [-0.2, 0) is 4.79 Å². The molecule has 0 fully saturated rings. The van der Waals surface area contributed by atoms with Gasteiger partial charge in [0.15, 0.2) is 5.11 Å². The second kappa shape index (κ2) is 9.85. The fraction of sp³-hybridized carbons (Fsp3) is 0.176. The normalized spacial score (nSPS) is 12.4. The summed E-state index contributed by atoms with van der Waals surface area (Å²) in [4.78, 5) is 11.2. The number of halogens is 3. The van der Waals surface area contributed by atoms with Crippen LogP contribution in [0.25, 0.3) is 0 Å². The number of benzene rings is 2. The minimum atomic E-state index is -1.78. The summed E-state index contributed by atoms with van der Waals surface area (Å²) in [5, 5.41) is 16.6. The fourth-order valence-corrected chi connectivity index (χ4v) is 2.49. The first-order chi connectivity index (χ1) is 12.7. The molecule has 0 aliphatic heterocycles. The van der Waals surface area contributed by atoms with Crippen LogP contribution in [0.5, 0.6) is 0 Å². The highest BCUT2D eigenvalue weighted by atomic mass is 35.6. The molecule has 142 valence electrons. The second-order valence-electron chi connectivity index (χ2n) is 5.36. The molecule has 0 aliphatic rings. The van der Waals surface area contributed by atoms with E-state index in [9.17, 15) is 4.79 Å². The molecule has 0 saturated heterocycles. The maximum absolute atomic E-state index is 11.2. The molecule has 2 aromatic carbocycles. The van der Waals surface area contributed by atoms with E-state index in [0.29, 0.717) is 11.4 Å². The molecule has 6 nitrogen and oxygen atoms in total. The molecule has 3 N–H and O–H groups in total. The number of amides is 1. The van der Waals surface area contributed by atoms with Gasteiger partial charge in [-0.3, -0.25) is 4.79 Å². The number of carbonyl (C=O) groups is 1. The van der Waals surface area contributed by atoms with Gasteiger partial charge in [0.2, 0.25) is 9.70 Å². The number of carbonyl (C=O) groups excluding carboxylic acids is 1. The first-order valence-corrected chi connectivity index (χ1v) is 9.26. The van der Waals surface area contributed by atoms with Crippen LogP contribution in [0.2, 0.25) is 0 Å². The lowest BCUT2D eigenvalue weighted by Gasteiger charge is -2.27. The summed E-state index contributed by atoms with van der Waals surface area (Å²) in [5.41, 5.74) is 2.14. The van der Waals surface area contributed by atoms with Crippen LogP contribution in [0.3, 0.4) is 0 Å². The summed E-state index contributed by atoms with van der Waals surface area (Å²) < 4.78 is -1.78. The SMILES string of the molecule is CC(=O)N[C@H](NC(=S)Nc1ccc(N=Nc2ccccc2)cc1)C(Cl)(Cl)Cl. The van der Waals surface area contributed by atoms with Crippen molar-refractivity contribution in [2.45, 2.75) is 16.9 Å². The van der Waals surface area contributed by atoms with E-state index in [2.05, 4.69) is 26.2 Å². The van der Waals surface area contributed by atoms with Gasteiger partial charge in [0.05, 0.1) is 11.4 Å². The molecular formula is C17H16Cl3N5OS. The van der Waals surface area contributed by atoms with Gasteiger partial charge in [0.25, 0.3) is 0 Å². The average Bonchev–Trinajstić information content (AvgIpc) is 2.60. The number of nitrogens with zero attached hydrogens (tertiary/aromatic N) is 2. The van der Waals surface area contributed by atoms with E-state index in [1.165, 1.54) is 6.92 Å².